The number of para-hydroxylation sites is 2. The van der Waals surface area contributed by atoms with Crippen molar-refractivity contribution in [3.63, 3.8) is 0 Å². The van der Waals surface area contributed by atoms with Gasteiger partial charge >= 0.3 is 0 Å². The second-order valence-electron chi connectivity index (χ2n) is 7.31. The summed E-state index contributed by atoms with van der Waals surface area (Å²) in [5.41, 5.74) is 5.91. The second kappa shape index (κ2) is 6.08. The van der Waals surface area contributed by atoms with E-state index in [1.54, 1.807) is 22.7 Å². The molecule has 4 heteroatoms. The van der Waals surface area contributed by atoms with Crippen LogP contribution < -0.4 is 0 Å². The number of hydrogen-bond acceptors (Lipinski definition) is 4. The molecule has 0 aliphatic carbocycles. The summed E-state index contributed by atoms with van der Waals surface area (Å²) in [7, 11) is 0. The standard InChI is InChI=1S/C26H14O2S2/c1-3-9-17-15(7-1)21-23(19-11-5-13-29-19)26-22(16-8-2-4-10-18(16)28-26)24(25(21)27-17)20-12-6-14-30-20/h1-14H. The molecule has 0 N–H and O–H groups in total. The summed E-state index contributed by atoms with van der Waals surface area (Å²) in [6, 6.07) is 25.1. The van der Waals surface area contributed by atoms with Gasteiger partial charge in [0.1, 0.15) is 22.3 Å². The van der Waals surface area contributed by atoms with Crippen LogP contribution in [0.1, 0.15) is 0 Å². The van der Waals surface area contributed by atoms with E-state index in [2.05, 4.69) is 59.3 Å². The lowest BCUT2D eigenvalue weighted by Crippen LogP contribution is -1.83. The van der Waals surface area contributed by atoms with Gasteiger partial charge in [0.15, 0.2) is 0 Å². The second-order valence-corrected chi connectivity index (χ2v) is 9.20. The highest BCUT2D eigenvalue weighted by Crippen LogP contribution is 2.51. The molecule has 0 aliphatic rings. The summed E-state index contributed by atoms with van der Waals surface area (Å²) in [5.74, 6) is 0. The summed E-state index contributed by atoms with van der Waals surface area (Å²) in [6.45, 7) is 0. The van der Waals surface area contributed by atoms with Gasteiger partial charge in [-0.2, -0.15) is 0 Å². The minimum absolute atomic E-state index is 0.903. The highest BCUT2D eigenvalue weighted by Gasteiger charge is 2.26. The summed E-state index contributed by atoms with van der Waals surface area (Å²) in [4.78, 5) is 2.38. The molecule has 0 fully saturated rings. The predicted molar refractivity (Wildman–Crippen MR) is 128 cm³/mol. The number of rotatable bonds is 2. The number of thiophene rings is 2. The van der Waals surface area contributed by atoms with E-state index in [1.807, 2.05) is 24.3 Å². The zero-order valence-electron chi connectivity index (χ0n) is 15.7. The number of fused-ring (bicyclic) bond motifs is 6. The molecule has 7 aromatic rings. The van der Waals surface area contributed by atoms with Crippen molar-refractivity contribution in [1.29, 1.82) is 0 Å². The molecular formula is C26H14O2S2. The Hall–Kier alpha value is -3.34. The maximum atomic E-state index is 6.54. The van der Waals surface area contributed by atoms with Crippen LogP contribution in [0, 0.1) is 0 Å². The van der Waals surface area contributed by atoms with Crippen LogP contribution in [0.25, 0.3) is 64.8 Å². The van der Waals surface area contributed by atoms with Crippen LogP contribution in [-0.4, -0.2) is 0 Å². The number of furan rings is 2. The molecular weight excluding hydrogens is 408 g/mol. The van der Waals surface area contributed by atoms with Crippen molar-refractivity contribution in [2.24, 2.45) is 0 Å². The SMILES string of the molecule is c1csc(-c2c3oc4ccccc4c3c(-c3cccs3)c3oc4ccccc4c23)c1. The molecule has 3 aromatic carbocycles. The zero-order chi connectivity index (χ0) is 19.7. The first-order valence-corrected chi connectivity index (χ1v) is 11.5. The third kappa shape index (κ3) is 2.12. The maximum Gasteiger partial charge on any atom is 0.145 e. The van der Waals surface area contributed by atoms with Gasteiger partial charge in [-0.3, -0.25) is 0 Å². The van der Waals surface area contributed by atoms with Crippen molar-refractivity contribution >= 4 is 66.6 Å². The van der Waals surface area contributed by atoms with Crippen molar-refractivity contribution in [3.05, 3.63) is 83.6 Å². The minimum Gasteiger partial charge on any atom is -0.455 e. The Bertz CT molecular complexity index is 1550. The fraction of sp³-hybridized carbons (Fsp3) is 0. The predicted octanol–water partition coefficient (Wildman–Crippen LogP) is 8.94. The molecule has 0 atom stereocenters. The highest BCUT2D eigenvalue weighted by molar-refractivity contribution is 7.14. The van der Waals surface area contributed by atoms with Crippen LogP contribution in [0.15, 0.2) is 92.4 Å². The molecule has 0 radical (unpaired) electrons. The largest absolute Gasteiger partial charge is 0.455 e. The normalized spacial score (nSPS) is 12.0. The van der Waals surface area contributed by atoms with Gasteiger partial charge in [0.2, 0.25) is 0 Å². The summed E-state index contributed by atoms with van der Waals surface area (Å²) >= 11 is 3.46. The van der Waals surface area contributed by atoms with E-state index < -0.39 is 0 Å². The van der Waals surface area contributed by atoms with E-state index in [4.69, 9.17) is 8.83 Å². The average Bonchev–Trinajstić information content (AvgIpc) is 3.58. The first-order valence-electron chi connectivity index (χ1n) is 9.76. The van der Waals surface area contributed by atoms with Crippen molar-refractivity contribution in [1.82, 2.24) is 0 Å². The average molecular weight is 423 g/mol. The summed E-state index contributed by atoms with van der Waals surface area (Å²) in [6.07, 6.45) is 0. The number of benzene rings is 3. The first-order chi connectivity index (χ1) is 14.9. The fourth-order valence-corrected chi connectivity index (χ4v) is 6.03. The van der Waals surface area contributed by atoms with Crippen molar-refractivity contribution in [2.45, 2.75) is 0 Å². The lowest BCUT2D eigenvalue weighted by molar-refractivity contribution is 0.665. The molecule has 0 unspecified atom stereocenters. The van der Waals surface area contributed by atoms with E-state index in [0.29, 0.717) is 0 Å². The Balaban J connectivity index is 1.86. The van der Waals surface area contributed by atoms with E-state index in [-0.39, 0.29) is 0 Å². The topological polar surface area (TPSA) is 26.3 Å². The van der Waals surface area contributed by atoms with Crippen molar-refractivity contribution in [2.75, 3.05) is 0 Å². The van der Waals surface area contributed by atoms with Crippen molar-refractivity contribution < 1.29 is 8.83 Å². The van der Waals surface area contributed by atoms with Crippen LogP contribution in [0.3, 0.4) is 0 Å². The molecule has 30 heavy (non-hydrogen) atoms. The molecule has 4 aromatic heterocycles. The van der Waals surface area contributed by atoms with E-state index in [0.717, 1.165) is 55.0 Å². The molecule has 4 heterocycles. The monoisotopic (exact) mass is 422 g/mol. The quantitative estimate of drug-likeness (QED) is 0.278. The molecule has 0 saturated carbocycles. The van der Waals surface area contributed by atoms with Gasteiger partial charge in [-0.25, -0.2) is 0 Å². The maximum absolute atomic E-state index is 6.54. The van der Waals surface area contributed by atoms with Crippen LogP contribution >= 0.6 is 22.7 Å². The van der Waals surface area contributed by atoms with E-state index in [1.165, 1.54) is 9.75 Å². The fourth-order valence-electron chi connectivity index (χ4n) is 4.48. The third-order valence-electron chi connectivity index (χ3n) is 5.68. The Labute approximate surface area is 179 Å². The van der Waals surface area contributed by atoms with Crippen LogP contribution in [0.5, 0.6) is 0 Å². The smallest absolute Gasteiger partial charge is 0.145 e. The molecule has 2 nitrogen and oxygen atoms in total. The Kier molecular flexibility index (Phi) is 3.34. The molecule has 7 rings (SSSR count). The Morgan fingerprint density at radius 1 is 0.500 bits per heavy atom. The summed E-state index contributed by atoms with van der Waals surface area (Å²) in [5, 5.41) is 8.73. The van der Waals surface area contributed by atoms with Gasteiger partial charge < -0.3 is 8.83 Å². The molecule has 0 bridgehead atoms. The zero-order valence-corrected chi connectivity index (χ0v) is 17.3. The van der Waals surface area contributed by atoms with Gasteiger partial charge in [-0.05, 0) is 35.0 Å². The van der Waals surface area contributed by atoms with Gasteiger partial charge in [0.05, 0.1) is 0 Å². The molecule has 0 aliphatic heterocycles. The molecule has 0 spiro atoms. The van der Waals surface area contributed by atoms with Gasteiger partial charge in [0.25, 0.3) is 0 Å². The molecule has 0 saturated heterocycles. The van der Waals surface area contributed by atoms with Gasteiger partial charge in [0, 0.05) is 42.4 Å². The van der Waals surface area contributed by atoms with E-state index >= 15 is 0 Å². The lowest BCUT2D eigenvalue weighted by atomic mass is 9.95. The Morgan fingerprint density at radius 2 is 0.967 bits per heavy atom. The van der Waals surface area contributed by atoms with E-state index in [9.17, 15) is 0 Å². The Morgan fingerprint density at radius 3 is 1.40 bits per heavy atom. The first kappa shape index (κ1) is 16.5. The van der Waals surface area contributed by atoms with Crippen LogP contribution in [0.4, 0.5) is 0 Å². The highest BCUT2D eigenvalue weighted by atomic mass is 32.1. The summed E-state index contributed by atoms with van der Waals surface area (Å²) < 4.78 is 13.1. The molecule has 0 amide bonds. The van der Waals surface area contributed by atoms with Crippen LogP contribution in [0.2, 0.25) is 0 Å². The van der Waals surface area contributed by atoms with Gasteiger partial charge in [-0.1, -0.05) is 48.5 Å². The molecule has 142 valence electrons. The van der Waals surface area contributed by atoms with Crippen LogP contribution in [-0.2, 0) is 0 Å². The minimum atomic E-state index is 0.903. The van der Waals surface area contributed by atoms with Crippen molar-refractivity contribution in [3.8, 4) is 20.9 Å². The van der Waals surface area contributed by atoms with Gasteiger partial charge in [-0.15, -0.1) is 22.7 Å². The number of hydrogen-bond donors (Lipinski definition) is 0. The lowest BCUT2D eigenvalue weighted by Gasteiger charge is -2.08. The third-order valence-corrected chi connectivity index (χ3v) is 7.45.